The normalized spacial score (nSPS) is 11.3. The Morgan fingerprint density at radius 1 is 1.21 bits per heavy atom. The standard InChI is InChI=1S/C18H25N5S/c1-4-22(5-2)18-20-13-15(24-18)12-19-10-11-23-14(3)21-16-8-6-7-9-17(16)23/h6-9,13,19H,4-5,10-12H2,1-3H3. The maximum Gasteiger partial charge on any atom is 0.185 e. The molecule has 0 unspecified atom stereocenters. The van der Waals surface area contributed by atoms with Gasteiger partial charge in [-0.3, -0.25) is 0 Å². The smallest absolute Gasteiger partial charge is 0.185 e. The van der Waals surface area contributed by atoms with Gasteiger partial charge in [-0.15, -0.1) is 11.3 Å². The van der Waals surface area contributed by atoms with Crippen molar-refractivity contribution in [2.75, 3.05) is 24.5 Å². The molecular formula is C18H25N5S. The fourth-order valence-corrected chi connectivity index (χ4v) is 3.91. The molecule has 0 aliphatic rings. The molecule has 24 heavy (non-hydrogen) atoms. The third-order valence-electron chi connectivity index (χ3n) is 4.23. The molecule has 128 valence electrons. The summed E-state index contributed by atoms with van der Waals surface area (Å²) < 4.78 is 2.27. The predicted molar refractivity (Wildman–Crippen MR) is 102 cm³/mol. The molecule has 0 atom stereocenters. The van der Waals surface area contributed by atoms with Crippen LogP contribution in [-0.2, 0) is 13.1 Å². The van der Waals surface area contributed by atoms with E-state index in [-0.39, 0.29) is 0 Å². The molecule has 0 bridgehead atoms. The average molecular weight is 344 g/mol. The maximum atomic E-state index is 4.61. The number of hydrogen-bond acceptors (Lipinski definition) is 5. The summed E-state index contributed by atoms with van der Waals surface area (Å²) in [4.78, 5) is 12.7. The Morgan fingerprint density at radius 3 is 2.79 bits per heavy atom. The minimum atomic E-state index is 0.866. The zero-order valence-electron chi connectivity index (χ0n) is 14.6. The number of nitrogens with one attached hydrogen (secondary N) is 1. The van der Waals surface area contributed by atoms with E-state index in [0.29, 0.717) is 0 Å². The third-order valence-corrected chi connectivity index (χ3v) is 5.29. The van der Waals surface area contributed by atoms with Gasteiger partial charge >= 0.3 is 0 Å². The molecule has 0 amide bonds. The number of imidazole rings is 1. The highest BCUT2D eigenvalue weighted by molar-refractivity contribution is 7.15. The van der Waals surface area contributed by atoms with Gasteiger partial charge in [-0.1, -0.05) is 12.1 Å². The molecule has 1 N–H and O–H groups in total. The first-order valence-electron chi connectivity index (χ1n) is 8.55. The molecule has 2 heterocycles. The van der Waals surface area contributed by atoms with Crippen LogP contribution < -0.4 is 10.2 Å². The number of para-hydroxylation sites is 2. The van der Waals surface area contributed by atoms with Gasteiger partial charge in [0.15, 0.2) is 5.13 Å². The van der Waals surface area contributed by atoms with E-state index in [1.165, 1.54) is 10.4 Å². The van der Waals surface area contributed by atoms with Crippen LogP contribution in [0.1, 0.15) is 24.5 Å². The molecule has 0 radical (unpaired) electrons. The van der Waals surface area contributed by atoms with Gasteiger partial charge in [0.25, 0.3) is 0 Å². The van der Waals surface area contributed by atoms with Crippen LogP contribution in [0, 0.1) is 6.92 Å². The molecule has 0 spiro atoms. The molecule has 0 saturated heterocycles. The summed E-state index contributed by atoms with van der Waals surface area (Å²) in [6.07, 6.45) is 1.99. The van der Waals surface area contributed by atoms with Crippen molar-refractivity contribution in [2.45, 2.75) is 33.9 Å². The van der Waals surface area contributed by atoms with E-state index in [1.54, 1.807) is 11.3 Å². The SMILES string of the molecule is CCN(CC)c1ncc(CNCCn2c(C)nc3ccccc32)s1. The largest absolute Gasteiger partial charge is 0.349 e. The van der Waals surface area contributed by atoms with Crippen molar-refractivity contribution in [2.24, 2.45) is 0 Å². The molecule has 3 rings (SSSR count). The lowest BCUT2D eigenvalue weighted by Crippen LogP contribution is -2.21. The van der Waals surface area contributed by atoms with Gasteiger partial charge in [0.2, 0.25) is 0 Å². The second kappa shape index (κ2) is 7.77. The molecule has 1 aromatic carbocycles. The van der Waals surface area contributed by atoms with E-state index in [0.717, 1.165) is 49.2 Å². The fraction of sp³-hybridized carbons (Fsp3) is 0.444. The number of nitrogens with zero attached hydrogens (tertiary/aromatic N) is 4. The van der Waals surface area contributed by atoms with E-state index >= 15 is 0 Å². The van der Waals surface area contributed by atoms with E-state index < -0.39 is 0 Å². The lowest BCUT2D eigenvalue weighted by Gasteiger charge is -2.16. The zero-order valence-corrected chi connectivity index (χ0v) is 15.4. The summed E-state index contributed by atoms with van der Waals surface area (Å²) in [6.45, 7) is 11.1. The van der Waals surface area contributed by atoms with Crippen LogP contribution in [0.2, 0.25) is 0 Å². The highest BCUT2D eigenvalue weighted by atomic mass is 32.1. The molecule has 2 aromatic heterocycles. The minimum Gasteiger partial charge on any atom is -0.349 e. The van der Waals surface area contributed by atoms with E-state index in [1.807, 2.05) is 12.3 Å². The molecule has 0 aliphatic carbocycles. The van der Waals surface area contributed by atoms with E-state index in [4.69, 9.17) is 0 Å². The summed E-state index contributed by atoms with van der Waals surface area (Å²) in [5.74, 6) is 1.07. The molecule has 6 heteroatoms. The van der Waals surface area contributed by atoms with Crippen molar-refractivity contribution < 1.29 is 0 Å². The lowest BCUT2D eigenvalue weighted by molar-refractivity contribution is 0.600. The van der Waals surface area contributed by atoms with Crippen molar-refractivity contribution >= 4 is 27.5 Å². The number of benzene rings is 1. The fourth-order valence-electron chi connectivity index (χ4n) is 2.90. The van der Waals surface area contributed by atoms with Crippen LogP contribution in [0.4, 0.5) is 5.13 Å². The van der Waals surface area contributed by atoms with Gasteiger partial charge in [-0.05, 0) is 32.9 Å². The molecule has 0 aliphatic heterocycles. The monoisotopic (exact) mass is 343 g/mol. The highest BCUT2D eigenvalue weighted by Crippen LogP contribution is 2.22. The van der Waals surface area contributed by atoms with Crippen molar-refractivity contribution in [1.82, 2.24) is 19.9 Å². The Hall–Kier alpha value is -1.92. The molecule has 5 nitrogen and oxygen atoms in total. The van der Waals surface area contributed by atoms with Crippen LogP contribution in [-0.4, -0.2) is 34.2 Å². The lowest BCUT2D eigenvalue weighted by atomic mass is 10.3. The second-order valence-corrected chi connectivity index (χ2v) is 6.85. The minimum absolute atomic E-state index is 0.866. The van der Waals surface area contributed by atoms with Crippen molar-refractivity contribution in [3.05, 3.63) is 41.2 Å². The first-order chi connectivity index (χ1) is 11.7. The third kappa shape index (κ3) is 3.60. The van der Waals surface area contributed by atoms with Crippen LogP contribution in [0.15, 0.2) is 30.5 Å². The summed E-state index contributed by atoms with van der Waals surface area (Å²) in [5.41, 5.74) is 2.28. The first-order valence-corrected chi connectivity index (χ1v) is 9.36. The van der Waals surface area contributed by atoms with Crippen molar-refractivity contribution in [1.29, 1.82) is 0 Å². The Morgan fingerprint density at radius 2 is 2.00 bits per heavy atom. The topological polar surface area (TPSA) is 46.0 Å². The summed E-state index contributed by atoms with van der Waals surface area (Å²) in [5, 5.41) is 4.64. The quantitative estimate of drug-likeness (QED) is 0.637. The van der Waals surface area contributed by atoms with Crippen molar-refractivity contribution in [3.8, 4) is 0 Å². The average Bonchev–Trinajstić information content (AvgIpc) is 3.17. The summed E-state index contributed by atoms with van der Waals surface area (Å²) in [7, 11) is 0. The van der Waals surface area contributed by atoms with Crippen LogP contribution >= 0.6 is 11.3 Å². The van der Waals surface area contributed by atoms with Gasteiger partial charge in [-0.2, -0.15) is 0 Å². The van der Waals surface area contributed by atoms with Crippen LogP contribution in [0.25, 0.3) is 11.0 Å². The highest BCUT2D eigenvalue weighted by Gasteiger charge is 2.08. The molecular weight excluding hydrogens is 318 g/mol. The van der Waals surface area contributed by atoms with Gasteiger partial charge < -0.3 is 14.8 Å². The molecule has 0 fully saturated rings. The first kappa shape index (κ1) is 16.9. The van der Waals surface area contributed by atoms with Gasteiger partial charge in [0.1, 0.15) is 5.82 Å². The maximum absolute atomic E-state index is 4.61. The number of anilines is 1. The Labute approximate surface area is 147 Å². The van der Waals surface area contributed by atoms with E-state index in [2.05, 4.69) is 63.7 Å². The van der Waals surface area contributed by atoms with Crippen LogP contribution in [0.5, 0.6) is 0 Å². The Kier molecular flexibility index (Phi) is 5.48. The zero-order chi connectivity index (χ0) is 16.9. The Bertz CT molecular complexity index is 788. The predicted octanol–water partition coefficient (Wildman–Crippen LogP) is 3.44. The number of rotatable bonds is 8. The van der Waals surface area contributed by atoms with E-state index in [9.17, 15) is 0 Å². The summed E-state index contributed by atoms with van der Waals surface area (Å²) in [6, 6.07) is 8.31. The van der Waals surface area contributed by atoms with Crippen LogP contribution in [0.3, 0.4) is 0 Å². The number of aryl methyl sites for hydroxylation is 1. The number of aromatic nitrogens is 3. The number of fused-ring (bicyclic) bond motifs is 1. The van der Waals surface area contributed by atoms with Crippen molar-refractivity contribution in [3.63, 3.8) is 0 Å². The Balaban J connectivity index is 1.54. The molecule has 0 saturated carbocycles. The summed E-state index contributed by atoms with van der Waals surface area (Å²) >= 11 is 1.78. The molecule has 3 aromatic rings. The number of hydrogen-bond donors (Lipinski definition) is 1. The number of thiazole rings is 1. The van der Waals surface area contributed by atoms with Gasteiger partial charge in [-0.25, -0.2) is 9.97 Å². The van der Waals surface area contributed by atoms with Gasteiger partial charge in [0.05, 0.1) is 11.0 Å². The second-order valence-electron chi connectivity index (χ2n) is 5.76. The van der Waals surface area contributed by atoms with Gasteiger partial charge in [0, 0.05) is 43.8 Å².